The summed E-state index contributed by atoms with van der Waals surface area (Å²) in [5, 5.41) is 14.6. The lowest BCUT2D eigenvalue weighted by molar-refractivity contribution is 0.150. The number of aliphatic hydroxyl groups is 1. The van der Waals surface area contributed by atoms with Crippen LogP contribution in [0.4, 0.5) is 8.78 Å². The van der Waals surface area contributed by atoms with Crippen LogP contribution in [0.15, 0.2) is 34.9 Å². The molecule has 1 aromatic heterocycles. The molecule has 108 valence electrons. The highest BCUT2D eigenvalue weighted by Crippen LogP contribution is 2.31. The Morgan fingerprint density at radius 3 is 2.50 bits per heavy atom. The van der Waals surface area contributed by atoms with Gasteiger partial charge in [-0.15, -0.1) is 0 Å². The van der Waals surface area contributed by atoms with E-state index < -0.39 is 12.5 Å². The summed E-state index contributed by atoms with van der Waals surface area (Å²) in [4.78, 5) is 0. The van der Waals surface area contributed by atoms with Gasteiger partial charge in [0, 0.05) is 11.6 Å². The molecular weight excluding hydrogens is 330 g/mol. The highest BCUT2D eigenvalue weighted by Gasteiger charge is 2.22. The van der Waals surface area contributed by atoms with E-state index in [2.05, 4.69) is 21.0 Å². The minimum atomic E-state index is -2.55. The molecule has 1 atom stereocenters. The van der Waals surface area contributed by atoms with Gasteiger partial charge in [0.15, 0.2) is 0 Å². The third kappa shape index (κ3) is 2.91. The molecule has 0 radical (unpaired) electrons. The molecule has 0 spiro atoms. The zero-order valence-corrected chi connectivity index (χ0v) is 12.7. The van der Waals surface area contributed by atoms with Crippen molar-refractivity contribution in [2.75, 3.05) is 0 Å². The summed E-state index contributed by atoms with van der Waals surface area (Å²) in [6.45, 7) is 3.87. The Bertz CT molecular complexity index is 599. The van der Waals surface area contributed by atoms with Crippen molar-refractivity contribution in [2.45, 2.75) is 32.4 Å². The number of aliphatic hydroxyl groups excluding tert-OH is 1. The van der Waals surface area contributed by atoms with Gasteiger partial charge in [-0.05, 0) is 41.4 Å². The molecule has 1 unspecified atom stereocenters. The van der Waals surface area contributed by atoms with Crippen molar-refractivity contribution in [3.8, 4) is 0 Å². The summed E-state index contributed by atoms with van der Waals surface area (Å²) < 4.78 is 27.8. The first-order chi connectivity index (χ1) is 9.41. The summed E-state index contributed by atoms with van der Waals surface area (Å²) >= 11 is 3.34. The number of benzene rings is 1. The number of hydrogen-bond donors (Lipinski definition) is 1. The molecule has 20 heavy (non-hydrogen) atoms. The smallest absolute Gasteiger partial charge is 0.263 e. The van der Waals surface area contributed by atoms with Gasteiger partial charge in [-0.2, -0.15) is 5.10 Å². The molecule has 0 aliphatic carbocycles. The van der Waals surface area contributed by atoms with Crippen molar-refractivity contribution in [2.24, 2.45) is 0 Å². The Labute approximate surface area is 124 Å². The third-order valence-electron chi connectivity index (χ3n) is 3.01. The minimum absolute atomic E-state index is 0.0595. The fourth-order valence-electron chi connectivity index (χ4n) is 2.04. The van der Waals surface area contributed by atoms with E-state index in [0.29, 0.717) is 15.7 Å². The van der Waals surface area contributed by atoms with Crippen LogP contribution < -0.4 is 0 Å². The molecule has 0 fully saturated rings. The molecule has 3 nitrogen and oxygen atoms in total. The molecule has 0 saturated heterocycles. The van der Waals surface area contributed by atoms with Crippen LogP contribution in [0.1, 0.15) is 49.2 Å². The highest BCUT2D eigenvalue weighted by atomic mass is 79.9. The van der Waals surface area contributed by atoms with Crippen molar-refractivity contribution < 1.29 is 13.9 Å². The third-order valence-corrected chi connectivity index (χ3v) is 3.62. The van der Waals surface area contributed by atoms with E-state index in [0.717, 1.165) is 0 Å². The number of alkyl halides is 2. The molecule has 1 aromatic carbocycles. The van der Waals surface area contributed by atoms with Gasteiger partial charge in [0.25, 0.3) is 6.43 Å². The van der Waals surface area contributed by atoms with Gasteiger partial charge < -0.3 is 5.11 Å². The van der Waals surface area contributed by atoms with Gasteiger partial charge in [0.2, 0.25) is 0 Å². The Kier molecular flexibility index (Phi) is 4.55. The second kappa shape index (κ2) is 6.01. The summed E-state index contributed by atoms with van der Waals surface area (Å²) in [5.74, 6) is 0. The average molecular weight is 345 g/mol. The maximum Gasteiger partial charge on any atom is 0.263 e. The van der Waals surface area contributed by atoms with Gasteiger partial charge in [-0.1, -0.05) is 18.2 Å². The maximum absolute atomic E-state index is 12.7. The molecule has 0 aliphatic heterocycles. The van der Waals surface area contributed by atoms with Crippen LogP contribution in [0, 0.1) is 0 Å². The van der Waals surface area contributed by atoms with Gasteiger partial charge in [-0.25, -0.2) is 8.78 Å². The summed E-state index contributed by atoms with van der Waals surface area (Å²) in [6.07, 6.45) is -1.97. The number of hydrogen-bond acceptors (Lipinski definition) is 2. The van der Waals surface area contributed by atoms with Crippen molar-refractivity contribution in [1.29, 1.82) is 0 Å². The Hall–Kier alpha value is -1.27. The van der Waals surface area contributed by atoms with Gasteiger partial charge >= 0.3 is 0 Å². The molecule has 1 N–H and O–H groups in total. The summed E-state index contributed by atoms with van der Waals surface area (Å²) in [7, 11) is 0. The zero-order chi connectivity index (χ0) is 14.9. The van der Waals surface area contributed by atoms with E-state index in [9.17, 15) is 13.9 Å². The van der Waals surface area contributed by atoms with E-state index in [1.807, 2.05) is 13.8 Å². The first-order valence-electron chi connectivity index (χ1n) is 6.20. The maximum atomic E-state index is 12.7. The largest absolute Gasteiger partial charge is 0.382 e. The first kappa shape index (κ1) is 15.1. The van der Waals surface area contributed by atoms with Crippen molar-refractivity contribution in [1.82, 2.24) is 9.78 Å². The lowest BCUT2D eigenvalue weighted by Gasteiger charge is -2.17. The monoisotopic (exact) mass is 344 g/mol. The van der Waals surface area contributed by atoms with E-state index >= 15 is 0 Å². The molecular formula is C14H15BrF2N2O. The number of nitrogens with zero attached hydrogens (tertiary/aromatic N) is 2. The normalized spacial score (nSPS) is 13.2. The summed E-state index contributed by atoms with van der Waals surface area (Å²) in [6, 6.07) is 5.86. The molecule has 2 aromatic rings. The van der Waals surface area contributed by atoms with Crippen LogP contribution >= 0.6 is 15.9 Å². The van der Waals surface area contributed by atoms with Crippen molar-refractivity contribution in [3.05, 3.63) is 51.8 Å². The number of halogens is 3. The van der Waals surface area contributed by atoms with Crippen LogP contribution in [0.2, 0.25) is 0 Å². The Morgan fingerprint density at radius 2 is 1.90 bits per heavy atom. The lowest BCUT2D eigenvalue weighted by Crippen LogP contribution is -2.12. The Morgan fingerprint density at radius 1 is 1.25 bits per heavy atom. The number of rotatable bonds is 4. The molecule has 6 heteroatoms. The fraction of sp³-hybridized carbons (Fsp3) is 0.357. The average Bonchev–Trinajstić information content (AvgIpc) is 2.80. The van der Waals surface area contributed by atoms with Crippen LogP contribution in [0.25, 0.3) is 0 Å². The number of aromatic nitrogens is 2. The van der Waals surface area contributed by atoms with Gasteiger partial charge in [-0.3, -0.25) is 4.68 Å². The molecule has 0 amide bonds. The summed E-state index contributed by atoms with van der Waals surface area (Å²) in [5.41, 5.74) is 0.880. The van der Waals surface area contributed by atoms with Crippen LogP contribution in [-0.4, -0.2) is 14.9 Å². The van der Waals surface area contributed by atoms with Crippen LogP contribution in [-0.2, 0) is 0 Å². The van der Waals surface area contributed by atoms with E-state index in [4.69, 9.17) is 0 Å². The molecule has 0 aliphatic rings. The SMILES string of the molecule is CC(C)n1ncc(Br)c1C(O)c1cccc(C(F)F)c1. The van der Waals surface area contributed by atoms with Crippen molar-refractivity contribution in [3.63, 3.8) is 0 Å². The first-order valence-corrected chi connectivity index (χ1v) is 7.00. The molecule has 0 saturated carbocycles. The zero-order valence-electron chi connectivity index (χ0n) is 11.1. The predicted molar refractivity (Wildman–Crippen MR) is 75.8 cm³/mol. The quantitative estimate of drug-likeness (QED) is 0.900. The van der Waals surface area contributed by atoms with E-state index in [1.165, 1.54) is 18.2 Å². The second-order valence-corrected chi connectivity index (χ2v) is 5.64. The topological polar surface area (TPSA) is 38.0 Å². The molecule has 1 heterocycles. The Balaban J connectivity index is 2.43. The molecule has 0 bridgehead atoms. The van der Waals surface area contributed by atoms with E-state index in [-0.39, 0.29) is 11.6 Å². The second-order valence-electron chi connectivity index (χ2n) is 4.79. The fourth-order valence-corrected chi connectivity index (χ4v) is 2.53. The molecule has 2 rings (SSSR count). The predicted octanol–water partition coefficient (Wildman–Crippen LogP) is 4.25. The van der Waals surface area contributed by atoms with Crippen LogP contribution in [0.5, 0.6) is 0 Å². The van der Waals surface area contributed by atoms with Crippen molar-refractivity contribution >= 4 is 15.9 Å². The van der Waals surface area contributed by atoms with Gasteiger partial charge in [0.1, 0.15) is 6.10 Å². The highest BCUT2D eigenvalue weighted by molar-refractivity contribution is 9.10. The minimum Gasteiger partial charge on any atom is -0.382 e. The lowest BCUT2D eigenvalue weighted by atomic mass is 10.0. The van der Waals surface area contributed by atoms with Crippen LogP contribution in [0.3, 0.4) is 0 Å². The van der Waals surface area contributed by atoms with E-state index in [1.54, 1.807) is 16.9 Å². The van der Waals surface area contributed by atoms with Gasteiger partial charge in [0.05, 0.1) is 16.4 Å². The standard InChI is InChI=1S/C14H15BrF2N2O/c1-8(2)19-12(11(15)7-18-19)13(20)9-4-3-5-10(6-9)14(16)17/h3-8,13-14,20H,1-2H3.